The minimum Gasteiger partial charge on any atom is -0.385 e. The first-order valence-electron chi connectivity index (χ1n) is 3.99. The van der Waals surface area contributed by atoms with Crippen molar-refractivity contribution in [3.63, 3.8) is 0 Å². The number of rotatable bonds is 3. The minimum absolute atomic E-state index is 0.342. The van der Waals surface area contributed by atoms with E-state index < -0.39 is 0 Å². The standard InChI is InChI=1S/C7H16N4O/c1-11-3-2-10-7(5-11)4-9-6-12-8/h4,9-10H,2-3,5-6,8H2,1H3/b7-4-. The second-order valence-electron chi connectivity index (χ2n) is 2.85. The molecule has 0 aliphatic carbocycles. The molecule has 1 saturated heterocycles. The van der Waals surface area contributed by atoms with Crippen molar-refractivity contribution in [2.24, 2.45) is 5.90 Å². The molecule has 0 aromatic rings. The Balaban J connectivity index is 2.25. The van der Waals surface area contributed by atoms with Crippen molar-refractivity contribution in [2.75, 3.05) is 33.4 Å². The predicted molar refractivity (Wildman–Crippen MR) is 46.9 cm³/mol. The molecule has 0 radical (unpaired) electrons. The van der Waals surface area contributed by atoms with Crippen molar-refractivity contribution < 1.29 is 4.84 Å². The summed E-state index contributed by atoms with van der Waals surface area (Å²) in [5.74, 6) is 4.85. The quantitative estimate of drug-likeness (QED) is 0.283. The fourth-order valence-corrected chi connectivity index (χ4v) is 1.14. The Bertz CT molecular complexity index is 159. The lowest BCUT2D eigenvalue weighted by atomic mass is 10.3. The molecule has 0 aromatic carbocycles. The number of nitrogens with one attached hydrogen (secondary N) is 2. The second-order valence-corrected chi connectivity index (χ2v) is 2.85. The fraction of sp³-hybridized carbons (Fsp3) is 0.714. The van der Waals surface area contributed by atoms with Gasteiger partial charge in [-0.1, -0.05) is 0 Å². The highest BCUT2D eigenvalue weighted by atomic mass is 16.6. The number of hydrogen-bond donors (Lipinski definition) is 3. The molecule has 70 valence electrons. The maximum Gasteiger partial charge on any atom is 0.137 e. The topological polar surface area (TPSA) is 62.5 Å². The first kappa shape index (κ1) is 9.31. The number of piperazine rings is 1. The molecule has 1 heterocycles. The highest BCUT2D eigenvalue weighted by molar-refractivity contribution is 5.03. The van der Waals surface area contributed by atoms with Crippen LogP contribution in [-0.2, 0) is 4.84 Å². The Hall–Kier alpha value is -0.780. The van der Waals surface area contributed by atoms with E-state index in [1.165, 1.54) is 5.70 Å². The molecule has 0 amide bonds. The summed E-state index contributed by atoms with van der Waals surface area (Å²) in [7, 11) is 2.09. The van der Waals surface area contributed by atoms with E-state index in [1.807, 2.05) is 6.20 Å². The van der Waals surface area contributed by atoms with Crippen molar-refractivity contribution in [3.8, 4) is 0 Å². The van der Waals surface area contributed by atoms with Gasteiger partial charge in [0.1, 0.15) is 6.73 Å². The van der Waals surface area contributed by atoms with E-state index in [2.05, 4.69) is 27.4 Å². The van der Waals surface area contributed by atoms with Gasteiger partial charge in [-0.3, -0.25) is 9.74 Å². The third-order valence-corrected chi connectivity index (χ3v) is 1.73. The van der Waals surface area contributed by atoms with Crippen LogP contribution in [0.25, 0.3) is 0 Å². The van der Waals surface area contributed by atoms with E-state index in [0.29, 0.717) is 6.73 Å². The zero-order valence-electron chi connectivity index (χ0n) is 7.34. The summed E-state index contributed by atoms with van der Waals surface area (Å²) in [4.78, 5) is 6.61. The zero-order valence-corrected chi connectivity index (χ0v) is 7.34. The molecule has 1 fully saturated rings. The molecule has 5 nitrogen and oxygen atoms in total. The van der Waals surface area contributed by atoms with Gasteiger partial charge in [-0.2, -0.15) is 0 Å². The Morgan fingerprint density at radius 1 is 1.83 bits per heavy atom. The molecule has 0 aromatic heterocycles. The van der Waals surface area contributed by atoms with Crippen LogP contribution in [0.15, 0.2) is 11.9 Å². The Morgan fingerprint density at radius 2 is 2.67 bits per heavy atom. The fourth-order valence-electron chi connectivity index (χ4n) is 1.14. The lowest BCUT2D eigenvalue weighted by molar-refractivity contribution is 0.128. The van der Waals surface area contributed by atoms with Crippen LogP contribution in [0.2, 0.25) is 0 Å². The van der Waals surface area contributed by atoms with E-state index >= 15 is 0 Å². The van der Waals surface area contributed by atoms with Gasteiger partial charge in [0.05, 0.1) is 0 Å². The highest BCUT2D eigenvalue weighted by Gasteiger charge is 2.07. The summed E-state index contributed by atoms with van der Waals surface area (Å²) in [6, 6.07) is 0. The van der Waals surface area contributed by atoms with Gasteiger partial charge in [0.25, 0.3) is 0 Å². The molecule has 0 bridgehead atoms. The molecule has 0 atom stereocenters. The first-order valence-corrected chi connectivity index (χ1v) is 3.99. The summed E-state index contributed by atoms with van der Waals surface area (Å²) in [6.07, 6.45) is 1.89. The van der Waals surface area contributed by atoms with Crippen molar-refractivity contribution in [1.29, 1.82) is 0 Å². The van der Waals surface area contributed by atoms with Crippen LogP contribution in [0.1, 0.15) is 0 Å². The van der Waals surface area contributed by atoms with Gasteiger partial charge >= 0.3 is 0 Å². The molecule has 0 saturated carbocycles. The number of likely N-dealkylation sites (N-methyl/N-ethyl adjacent to an activating group) is 1. The van der Waals surface area contributed by atoms with Crippen LogP contribution in [0.4, 0.5) is 0 Å². The Labute approximate surface area is 72.5 Å². The Kier molecular flexibility index (Phi) is 3.86. The summed E-state index contributed by atoms with van der Waals surface area (Å²) < 4.78 is 0. The zero-order chi connectivity index (χ0) is 8.81. The van der Waals surface area contributed by atoms with Crippen LogP contribution in [-0.4, -0.2) is 38.3 Å². The van der Waals surface area contributed by atoms with Gasteiger partial charge in [-0.25, -0.2) is 5.90 Å². The van der Waals surface area contributed by atoms with Crippen LogP contribution < -0.4 is 16.5 Å². The SMILES string of the molecule is CN1CCN/C(=C\NCON)C1. The van der Waals surface area contributed by atoms with Crippen LogP contribution in [0.3, 0.4) is 0 Å². The van der Waals surface area contributed by atoms with E-state index in [9.17, 15) is 0 Å². The van der Waals surface area contributed by atoms with E-state index in [1.54, 1.807) is 0 Å². The van der Waals surface area contributed by atoms with Gasteiger partial charge in [0.15, 0.2) is 0 Å². The summed E-state index contributed by atoms with van der Waals surface area (Å²) in [5, 5.41) is 6.20. The summed E-state index contributed by atoms with van der Waals surface area (Å²) in [6.45, 7) is 3.37. The van der Waals surface area contributed by atoms with Gasteiger partial charge in [-0.05, 0) is 7.05 Å². The van der Waals surface area contributed by atoms with Crippen LogP contribution in [0, 0.1) is 0 Å². The molecule has 12 heavy (non-hydrogen) atoms. The number of hydrogen-bond acceptors (Lipinski definition) is 5. The molecular formula is C7H16N4O. The van der Waals surface area contributed by atoms with Crippen LogP contribution in [0.5, 0.6) is 0 Å². The van der Waals surface area contributed by atoms with Gasteiger partial charge in [0.2, 0.25) is 0 Å². The van der Waals surface area contributed by atoms with Crippen molar-refractivity contribution in [1.82, 2.24) is 15.5 Å². The molecular weight excluding hydrogens is 156 g/mol. The van der Waals surface area contributed by atoms with Gasteiger partial charge in [0, 0.05) is 31.5 Å². The average Bonchev–Trinajstić information content (AvgIpc) is 2.05. The van der Waals surface area contributed by atoms with Gasteiger partial charge in [-0.15, -0.1) is 0 Å². The molecule has 1 aliphatic heterocycles. The molecule has 0 unspecified atom stereocenters. The molecule has 5 heteroatoms. The number of nitrogens with zero attached hydrogens (tertiary/aromatic N) is 1. The smallest absolute Gasteiger partial charge is 0.137 e. The average molecular weight is 172 g/mol. The highest BCUT2D eigenvalue weighted by Crippen LogP contribution is 1.97. The maximum atomic E-state index is 4.85. The maximum absolute atomic E-state index is 4.85. The van der Waals surface area contributed by atoms with Gasteiger partial charge < -0.3 is 10.6 Å². The molecule has 1 rings (SSSR count). The summed E-state index contributed by atoms with van der Waals surface area (Å²) in [5.41, 5.74) is 1.17. The normalized spacial score (nSPS) is 22.3. The van der Waals surface area contributed by atoms with E-state index in [-0.39, 0.29) is 0 Å². The Morgan fingerprint density at radius 3 is 3.33 bits per heavy atom. The van der Waals surface area contributed by atoms with Crippen molar-refractivity contribution >= 4 is 0 Å². The van der Waals surface area contributed by atoms with Crippen molar-refractivity contribution in [3.05, 3.63) is 11.9 Å². The third-order valence-electron chi connectivity index (χ3n) is 1.73. The van der Waals surface area contributed by atoms with E-state index in [4.69, 9.17) is 5.90 Å². The lowest BCUT2D eigenvalue weighted by Crippen LogP contribution is -2.40. The van der Waals surface area contributed by atoms with Crippen molar-refractivity contribution in [2.45, 2.75) is 0 Å². The van der Waals surface area contributed by atoms with Crippen LogP contribution >= 0.6 is 0 Å². The van der Waals surface area contributed by atoms with E-state index in [0.717, 1.165) is 19.6 Å². The largest absolute Gasteiger partial charge is 0.385 e. The summed E-state index contributed by atoms with van der Waals surface area (Å²) >= 11 is 0. The predicted octanol–water partition coefficient (Wildman–Crippen LogP) is -1.20. The second kappa shape index (κ2) is 4.97. The number of nitrogens with two attached hydrogens (primary N) is 1. The first-order chi connectivity index (χ1) is 5.83. The molecule has 0 spiro atoms. The molecule has 1 aliphatic rings. The minimum atomic E-state index is 0.342. The monoisotopic (exact) mass is 172 g/mol. The third kappa shape index (κ3) is 3.08. The lowest BCUT2D eigenvalue weighted by Gasteiger charge is -2.25. The molecule has 4 N–H and O–H groups in total.